The molecule has 0 spiro atoms. The van der Waals surface area contributed by atoms with E-state index in [0.717, 1.165) is 18.8 Å². The summed E-state index contributed by atoms with van der Waals surface area (Å²) >= 11 is 6.03. The Hall–Kier alpha value is -2.47. The lowest BCUT2D eigenvalue weighted by molar-refractivity contribution is -0.114. The molecule has 1 aromatic heterocycles. The molecule has 0 bridgehead atoms. The van der Waals surface area contributed by atoms with Gasteiger partial charge in [-0.1, -0.05) is 17.7 Å². The molecule has 7 heteroatoms. The number of nitrogens with one attached hydrogen (secondary N) is 1. The van der Waals surface area contributed by atoms with Crippen molar-refractivity contribution in [2.45, 2.75) is 6.92 Å². The van der Waals surface area contributed by atoms with Gasteiger partial charge in [-0.05, 0) is 24.3 Å². The van der Waals surface area contributed by atoms with E-state index < -0.39 is 0 Å². The molecule has 6 nitrogen and oxygen atoms in total. The van der Waals surface area contributed by atoms with Gasteiger partial charge in [0, 0.05) is 49.9 Å². The third-order valence-electron chi connectivity index (χ3n) is 3.86. The maximum absolute atomic E-state index is 12.5. The number of benzene rings is 1. The molecule has 1 aliphatic rings. The Morgan fingerprint density at radius 1 is 1.12 bits per heavy atom. The minimum absolute atomic E-state index is 0.169. The Kier molecular flexibility index (Phi) is 4.76. The van der Waals surface area contributed by atoms with Crippen molar-refractivity contribution in [3.8, 4) is 0 Å². The molecule has 0 saturated carbocycles. The van der Waals surface area contributed by atoms with Gasteiger partial charge in [0.2, 0.25) is 5.91 Å². The highest BCUT2D eigenvalue weighted by Crippen LogP contribution is 2.22. The highest BCUT2D eigenvalue weighted by Gasteiger charge is 2.24. The van der Waals surface area contributed by atoms with E-state index in [4.69, 9.17) is 16.0 Å². The van der Waals surface area contributed by atoms with E-state index in [2.05, 4.69) is 10.2 Å². The van der Waals surface area contributed by atoms with Crippen LogP contribution in [0.15, 0.2) is 40.8 Å². The van der Waals surface area contributed by atoms with Gasteiger partial charge in [0.05, 0.1) is 0 Å². The normalized spacial score (nSPS) is 14.6. The Labute approximate surface area is 145 Å². The quantitative estimate of drug-likeness (QED) is 0.927. The van der Waals surface area contributed by atoms with Crippen LogP contribution in [0.5, 0.6) is 0 Å². The lowest BCUT2D eigenvalue weighted by atomic mass is 10.2. The SMILES string of the molecule is CC(=O)Nc1ccc(C(=O)N2CCN(c3cccc(Cl)c3)CC2)o1. The van der Waals surface area contributed by atoms with Crippen LogP contribution >= 0.6 is 11.6 Å². The van der Waals surface area contributed by atoms with Crippen LogP contribution in [-0.4, -0.2) is 42.9 Å². The summed E-state index contributed by atoms with van der Waals surface area (Å²) in [5.74, 6) is 0.106. The summed E-state index contributed by atoms with van der Waals surface area (Å²) in [6.45, 7) is 4.04. The fourth-order valence-electron chi connectivity index (χ4n) is 2.69. The van der Waals surface area contributed by atoms with Crippen LogP contribution in [0, 0.1) is 0 Å². The van der Waals surface area contributed by atoms with E-state index in [9.17, 15) is 9.59 Å². The molecule has 1 aliphatic heterocycles. The number of carbonyl (C=O) groups excluding carboxylic acids is 2. The van der Waals surface area contributed by atoms with Crippen molar-refractivity contribution in [1.82, 2.24) is 4.90 Å². The van der Waals surface area contributed by atoms with Crippen LogP contribution in [0.1, 0.15) is 17.5 Å². The molecular weight excluding hydrogens is 330 g/mol. The van der Waals surface area contributed by atoms with Crippen LogP contribution in [-0.2, 0) is 4.79 Å². The first-order valence-electron chi connectivity index (χ1n) is 7.70. The van der Waals surface area contributed by atoms with Gasteiger partial charge < -0.3 is 14.2 Å². The fraction of sp³-hybridized carbons (Fsp3) is 0.294. The molecule has 1 saturated heterocycles. The zero-order chi connectivity index (χ0) is 17.1. The molecule has 0 radical (unpaired) electrons. The smallest absolute Gasteiger partial charge is 0.289 e. The highest BCUT2D eigenvalue weighted by molar-refractivity contribution is 6.30. The molecule has 0 aliphatic carbocycles. The molecule has 24 heavy (non-hydrogen) atoms. The monoisotopic (exact) mass is 347 g/mol. The number of carbonyl (C=O) groups is 2. The molecule has 0 atom stereocenters. The van der Waals surface area contributed by atoms with E-state index in [0.29, 0.717) is 18.1 Å². The number of piperazine rings is 1. The minimum Gasteiger partial charge on any atom is -0.435 e. The third kappa shape index (κ3) is 3.71. The molecule has 126 valence electrons. The standard InChI is InChI=1S/C17H18ClN3O3/c1-12(22)19-16-6-5-15(24-16)17(23)21-9-7-20(8-10-21)14-4-2-3-13(18)11-14/h2-6,11H,7-10H2,1H3,(H,19,22). The number of anilines is 2. The molecule has 1 fully saturated rings. The van der Waals surface area contributed by atoms with Gasteiger partial charge in [-0.25, -0.2) is 0 Å². The third-order valence-corrected chi connectivity index (χ3v) is 4.09. The van der Waals surface area contributed by atoms with Crippen molar-refractivity contribution < 1.29 is 14.0 Å². The summed E-state index contributed by atoms with van der Waals surface area (Å²) in [4.78, 5) is 27.4. The van der Waals surface area contributed by atoms with Gasteiger partial charge in [0.15, 0.2) is 11.6 Å². The number of amides is 2. The number of nitrogens with zero attached hydrogens (tertiary/aromatic N) is 2. The Morgan fingerprint density at radius 3 is 2.54 bits per heavy atom. The Morgan fingerprint density at radius 2 is 1.88 bits per heavy atom. The summed E-state index contributed by atoms with van der Waals surface area (Å²) < 4.78 is 5.38. The van der Waals surface area contributed by atoms with Gasteiger partial charge >= 0.3 is 0 Å². The van der Waals surface area contributed by atoms with E-state index in [1.54, 1.807) is 17.0 Å². The minimum atomic E-state index is -0.238. The number of hydrogen-bond donors (Lipinski definition) is 1. The molecular formula is C17H18ClN3O3. The van der Waals surface area contributed by atoms with Crippen molar-refractivity contribution in [1.29, 1.82) is 0 Å². The summed E-state index contributed by atoms with van der Waals surface area (Å²) in [5, 5.41) is 3.22. The molecule has 0 unspecified atom stereocenters. The average molecular weight is 348 g/mol. The highest BCUT2D eigenvalue weighted by atomic mass is 35.5. The first kappa shape index (κ1) is 16.4. The van der Waals surface area contributed by atoms with Crippen molar-refractivity contribution in [2.24, 2.45) is 0 Å². The predicted octanol–water partition coefficient (Wildman–Crippen LogP) is 2.85. The fourth-order valence-corrected chi connectivity index (χ4v) is 2.87. The van der Waals surface area contributed by atoms with Crippen LogP contribution in [0.3, 0.4) is 0 Å². The van der Waals surface area contributed by atoms with Gasteiger partial charge in [0.25, 0.3) is 5.91 Å². The maximum atomic E-state index is 12.5. The lowest BCUT2D eigenvalue weighted by Crippen LogP contribution is -2.48. The molecule has 1 aromatic carbocycles. The van der Waals surface area contributed by atoms with E-state index in [1.807, 2.05) is 24.3 Å². The second kappa shape index (κ2) is 6.97. The first-order chi connectivity index (χ1) is 11.5. The molecule has 1 N–H and O–H groups in total. The van der Waals surface area contributed by atoms with Gasteiger partial charge in [-0.2, -0.15) is 0 Å². The van der Waals surface area contributed by atoms with E-state index >= 15 is 0 Å². The first-order valence-corrected chi connectivity index (χ1v) is 8.08. The van der Waals surface area contributed by atoms with Crippen molar-refractivity contribution >= 4 is 35.0 Å². The van der Waals surface area contributed by atoms with Gasteiger partial charge in [0.1, 0.15) is 0 Å². The van der Waals surface area contributed by atoms with Crippen molar-refractivity contribution in [3.63, 3.8) is 0 Å². The topological polar surface area (TPSA) is 65.8 Å². The van der Waals surface area contributed by atoms with Crippen LogP contribution in [0.25, 0.3) is 0 Å². The largest absolute Gasteiger partial charge is 0.435 e. The second-order valence-corrected chi connectivity index (χ2v) is 6.04. The second-order valence-electron chi connectivity index (χ2n) is 5.60. The summed E-state index contributed by atoms with van der Waals surface area (Å²) in [5.41, 5.74) is 1.06. The molecule has 2 heterocycles. The molecule has 2 amide bonds. The van der Waals surface area contributed by atoms with Crippen LogP contribution in [0.4, 0.5) is 11.6 Å². The van der Waals surface area contributed by atoms with Crippen molar-refractivity contribution in [3.05, 3.63) is 47.2 Å². The van der Waals surface area contributed by atoms with Crippen LogP contribution < -0.4 is 10.2 Å². The van der Waals surface area contributed by atoms with Crippen LogP contribution in [0.2, 0.25) is 5.02 Å². The van der Waals surface area contributed by atoms with Gasteiger partial charge in [-0.15, -0.1) is 0 Å². The number of halogens is 1. The predicted molar refractivity (Wildman–Crippen MR) is 92.6 cm³/mol. The Bertz CT molecular complexity index is 751. The molecule has 2 aromatic rings. The zero-order valence-corrected chi connectivity index (χ0v) is 14.0. The molecule has 3 rings (SSSR count). The van der Waals surface area contributed by atoms with E-state index in [-0.39, 0.29) is 23.5 Å². The summed E-state index contributed by atoms with van der Waals surface area (Å²) in [6.07, 6.45) is 0. The average Bonchev–Trinajstić information content (AvgIpc) is 3.02. The zero-order valence-electron chi connectivity index (χ0n) is 13.3. The maximum Gasteiger partial charge on any atom is 0.289 e. The Balaban J connectivity index is 1.61. The van der Waals surface area contributed by atoms with E-state index in [1.165, 1.54) is 6.92 Å². The summed E-state index contributed by atoms with van der Waals surface area (Å²) in [7, 11) is 0. The number of rotatable bonds is 3. The number of furan rings is 1. The van der Waals surface area contributed by atoms with Gasteiger partial charge in [-0.3, -0.25) is 14.9 Å². The number of hydrogen-bond acceptors (Lipinski definition) is 4. The van der Waals surface area contributed by atoms with Crippen molar-refractivity contribution in [2.75, 3.05) is 36.4 Å². The lowest BCUT2D eigenvalue weighted by Gasteiger charge is -2.35. The summed E-state index contributed by atoms with van der Waals surface area (Å²) in [6, 6.07) is 10.9.